The maximum absolute atomic E-state index is 12.7. The first-order valence-corrected chi connectivity index (χ1v) is 7.51. The second kappa shape index (κ2) is 6.59. The van der Waals surface area contributed by atoms with Crippen molar-refractivity contribution in [3.05, 3.63) is 58.1 Å². The average molecular weight is 338 g/mol. The van der Waals surface area contributed by atoms with E-state index in [9.17, 15) is 4.79 Å². The first kappa shape index (κ1) is 16.7. The van der Waals surface area contributed by atoms with Gasteiger partial charge in [-0.05, 0) is 38.1 Å². The fourth-order valence-corrected chi connectivity index (χ4v) is 2.72. The number of ether oxygens (including phenoxy) is 1. The Morgan fingerprint density at radius 2 is 1.68 bits per heavy atom. The van der Waals surface area contributed by atoms with Crippen LogP contribution >= 0.6 is 23.2 Å². The monoisotopic (exact) mass is 337 g/mol. The van der Waals surface area contributed by atoms with Crippen molar-refractivity contribution < 1.29 is 9.53 Å². The third kappa shape index (κ3) is 3.54. The van der Waals surface area contributed by atoms with Crippen LogP contribution < -0.4 is 10.1 Å². The summed E-state index contributed by atoms with van der Waals surface area (Å²) in [6, 6.07) is 12.4. The second-order valence-electron chi connectivity index (χ2n) is 5.44. The molecule has 0 heterocycles. The van der Waals surface area contributed by atoms with Crippen molar-refractivity contribution in [1.82, 2.24) is 0 Å². The molecule has 1 amide bonds. The maximum Gasteiger partial charge on any atom is 0.234 e. The minimum absolute atomic E-state index is 0.171. The number of carbonyl (C=O) groups excluding carboxylic acids is 1. The summed E-state index contributed by atoms with van der Waals surface area (Å²) in [5.41, 5.74) is 0.593. The molecular weight excluding hydrogens is 321 g/mol. The quantitative estimate of drug-likeness (QED) is 0.859. The Hall–Kier alpha value is -1.71. The lowest BCUT2D eigenvalue weighted by Gasteiger charge is -2.26. The number of benzene rings is 2. The van der Waals surface area contributed by atoms with E-state index in [2.05, 4.69) is 5.32 Å². The average Bonchev–Trinajstić information content (AvgIpc) is 2.46. The number of halogens is 2. The zero-order valence-corrected chi connectivity index (χ0v) is 14.1. The Balaban J connectivity index is 2.30. The molecule has 0 spiro atoms. The van der Waals surface area contributed by atoms with Gasteiger partial charge in [-0.3, -0.25) is 4.79 Å². The van der Waals surface area contributed by atoms with Crippen LogP contribution in [0, 0.1) is 0 Å². The van der Waals surface area contributed by atoms with Gasteiger partial charge in [0.25, 0.3) is 0 Å². The highest BCUT2D eigenvalue weighted by molar-refractivity contribution is 6.35. The molecule has 0 radical (unpaired) electrons. The third-order valence-corrected chi connectivity index (χ3v) is 3.90. The molecule has 0 atom stereocenters. The highest BCUT2D eigenvalue weighted by Crippen LogP contribution is 2.33. The van der Waals surface area contributed by atoms with Gasteiger partial charge >= 0.3 is 0 Å². The van der Waals surface area contributed by atoms with Gasteiger partial charge in [0.05, 0.1) is 12.5 Å². The molecule has 0 saturated heterocycles. The normalized spacial score (nSPS) is 11.1. The molecule has 2 aromatic carbocycles. The standard InChI is InChI=1S/C17H17Cl2NO2/c1-17(2,14-6-4-5-7-15(14)22-3)16(21)20-13-9-11(18)8-12(19)10-13/h4-10H,1-3H3,(H,20,21). The predicted molar refractivity (Wildman–Crippen MR) is 91.1 cm³/mol. The predicted octanol–water partition coefficient (Wildman–Crippen LogP) is 4.92. The van der Waals surface area contributed by atoms with Gasteiger partial charge < -0.3 is 10.1 Å². The van der Waals surface area contributed by atoms with Gasteiger partial charge in [0.2, 0.25) is 5.91 Å². The number of methoxy groups -OCH3 is 1. The molecule has 5 heteroatoms. The summed E-state index contributed by atoms with van der Waals surface area (Å²) in [6.07, 6.45) is 0. The van der Waals surface area contributed by atoms with Crippen LogP contribution in [-0.2, 0) is 10.2 Å². The van der Waals surface area contributed by atoms with Crippen molar-refractivity contribution in [1.29, 1.82) is 0 Å². The highest BCUT2D eigenvalue weighted by Gasteiger charge is 2.32. The van der Waals surface area contributed by atoms with Crippen LogP contribution in [0.3, 0.4) is 0 Å². The second-order valence-corrected chi connectivity index (χ2v) is 6.31. The molecule has 0 saturated carbocycles. The van der Waals surface area contributed by atoms with Crippen LogP contribution in [0.2, 0.25) is 10.0 Å². The summed E-state index contributed by atoms with van der Waals surface area (Å²) in [5, 5.41) is 3.79. The van der Waals surface area contributed by atoms with Crippen LogP contribution in [0.4, 0.5) is 5.69 Å². The highest BCUT2D eigenvalue weighted by atomic mass is 35.5. The fourth-order valence-electron chi connectivity index (χ4n) is 2.20. The van der Waals surface area contributed by atoms with E-state index in [0.29, 0.717) is 21.5 Å². The van der Waals surface area contributed by atoms with E-state index in [1.807, 2.05) is 38.1 Å². The SMILES string of the molecule is COc1ccccc1C(C)(C)C(=O)Nc1cc(Cl)cc(Cl)c1. The zero-order chi connectivity index (χ0) is 16.3. The first-order valence-electron chi connectivity index (χ1n) is 6.75. The molecule has 0 fully saturated rings. The number of para-hydroxylation sites is 1. The Bertz CT molecular complexity index is 679. The Kier molecular flexibility index (Phi) is 4.99. The zero-order valence-electron chi connectivity index (χ0n) is 12.6. The molecule has 0 aliphatic carbocycles. The van der Waals surface area contributed by atoms with Gasteiger partial charge in [0.15, 0.2) is 0 Å². The van der Waals surface area contributed by atoms with E-state index in [-0.39, 0.29) is 5.91 Å². The molecule has 0 aliphatic heterocycles. The molecular formula is C17H17Cl2NO2. The smallest absolute Gasteiger partial charge is 0.234 e. The van der Waals surface area contributed by atoms with Gasteiger partial charge in [0, 0.05) is 21.3 Å². The van der Waals surface area contributed by atoms with Crippen LogP contribution in [0.5, 0.6) is 5.75 Å². The molecule has 2 aromatic rings. The van der Waals surface area contributed by atoms with Crippen LogP contribution in [0.15, 0.2) is 42.5 Å². The Morgan fingerprint density at radius 1 is 1.09 bits per heavy atom. The number of carbonyl (C=O) groups is 1. The van der Waals surface area contributed by atoms with E-state index in [1.165, 1.54) is 0 Å². The van der Waals surface area contributed by atoms with E-state index in [0.717, 1.165) is 5.56 Å². The van der Waals surface area contributed by atoms with Gasteiger partial charge in [0.1, 0.15) is 5.75 Å². The van der Waals surface area contributed by atoms with Crippen molar-refractivity contribution in [3.63, 3.8) is 0 Å². The first-order chi connectivity index (χ1) is 10.3. The molecule has 1 N–H and O–H groups in total. The Labute approximate surface area is 140 Å². The number of nitrogens with one attached hydrogen (secondary N) is 1. The Morgan fingerprint density at radius 3 is 2.27 bits per heavy atom. The number of anilines is 1. The maximum atomic E-state index is 12.7. The topological polar surface area (TPSA) is 38.3 Å². The summed E-state index contributed by atoms with van der Waals surface area (Å²) < 4.78 is 5.35. The van der Waals surface area contributed by atoms with Crippen molar-refractivity contribution in [3.8, 4) is 5.75 Å². The van der Waals surface area contributed by atoms with Crippen molar-refractivity contribution in [2.24, 2.45) is 0 Å². The molecule has 0 unspecified atom stereocenters. The summed E-state index contributed by atoms with van der Waals surface area (Å²) in [4.78, 5) is 12.7. The van der Waals surface area contributed by atoms with Crippen LogP contribution in [0.1, 0.15) is 19.4 Å². The molecule has 2 rings (SSSR count). The number of hydrogen-bond acceptors (Lipinski definition) is 2. The lowest BCUT2D eigenvalue weighted by atomic mass is 9.83. The van der Waals surface area contributed by atoms with Gasteiger partial charge in [-0.2, -0.15) is 0 Å². The van der Waals surface area contributed by atoms with Crippen LogP contribution in [-0.4, -0.2) is 13.0 Å². The molecule has 3 nitrogen and oxygen atoms in total. The largest absolute Gasteiger partial charge is 0.496 e. The van der Waals surface area contributed by atoms with Gasteiger partial charge in [-0.25, -0.2) is 0 Å². The van der Waals surface area contributed by atoms with Crippen molar-refractivity contribution in [2.75, 3.05) is 12.4 Å². The van der Waals surface area contributed by atoms with Gasteiger partial charge in [-0.15, -0.1) is 0 Å². The van der Waals surface area contributed by atoms with Gasteiger partial charge in [-0.1, -0.05) is 41.4 Å². The minimum atomic E-state index is -0.776. The summed E-state index contributed by atoms with van der Waals surface area (Å²) in [7, 11) is 1.59. The summed E-state index contributed by atoms with van der Waals surface area (Å²) >= 11 is 11.9. The minimum Gasteiger partial charge on any atom is -0.496 e. The number of rotatable bonds is 4. The van der Waals surface area contributed by atoms with E-state index < -0.39 is 5.41 Å². The van der Waals surface area contributed by atoms with E-state index in [4.69, 9.17) is 27.9 Å². The van der Waals surface area contributed by atoms with E-state index in [1.54, 1.807) is 25.3 Å². The lowest BCUT2D eigenvalue weighted by Crippen LogP contribution is -2.35. The molecule has 116 valence electrons. The van der Waals surface area contributed by atoms with E-state index >= 15 is 0 Å². The van der Waals surface area contributed by atoms with Crippen molar-refractivity contribution in [2.45, 2.75) is 19.3 Å². The lowest BCUT2D eigenvalue weighted by molar-refractivity contribution is -0.120. The molecule has 0 bridgehead atoms. The molecule has 22 heavy (non-hydrogen) atoms. The molecule has 0 aliphatic rings. The summed E-state index contributed by atoms with van der Waals surface area (Å²) in [5.74, 6) is 0.502. The van der Waals surface area contributed by atoms with Crippen molar-refractivity contribution >= 4 is 34.8 Å². The number of hydrogen-bond donors (Lipinski definition) is 1. The number of amides is 1. The summed E-state index contributed by atoms with van der Waals surface area (Å²) in [6.45, 7) is 3.68. The molecule has 0 aromatic heterocycles. The van der Waals surface area contributed by atoms with Crippen LogP contribution in [0.25, 0.3) is 0 Å². The third-order valence-electron chi connectivity index (χ3n) is 3.47. The fraction of sp³-hybridized carbons (Fsp3) is 0.235.